The summed E-state index contributed by atoms with van der Waals surface area (Å²) in [5, 5.41) is 3.29. The highest BCUT2D eigenvalue weighted by atomic mass is 79.9. The number of amides is 1. The van der Waals surface area contributed by atoms with Crippen molar-refractivity contribution in [2.45, 2.75) is 12.8 Å². The molecule has 1 aromatic rings. The molecule has 1 unspecified atom stereocenters. The van der Waals surface area contributed by atoms with Crippen LogP contribution in [0, 0.1) is 5.92 Å². The van der Waals surface area contributed by atoms with Crippen LogP contribution < -0.4 is 5.32 Å². The first-order chi connectivity index (χ1) is 9.77. The van der Waals surface area contributed by atoms with E-state index in [0.717, 1.165) is 4.47 Å². The number of anilines is 1. The average molecular weight is 396 g/mol. The van der Waals surface area contributed by atoms with Gasteiger partial charge in [-0.2, -0.15) is 0 Å². The molecule has 21 heavy (non-hydrogen) atoms. The zero-order valence-electron chi connectivity index (χ0n) is 11.5. The third-order valence-electron chi connectivity index (χ3n) is 3.41. The molecule has 1 aromatic carbocycles. The van der Waals surface area contributed by atoms with Crippen LogP contribution in [0.2, 0.25) is 5.02 Å². The zero-order chi connectivity index (χ0) is 15.6. The second kappa shape index (κ2) is 6.64. The quantitative estimate of drug-likeness (QED) is 0.856. The van der Waals surface area contributed by atoms with E-state index in [1.807, 2.05) is 0 Å². The van der Waals surface area contributed by atoms with Crippen molar-refractivity contribution in [3.63, 3.8) is 0 Å². The molecular formula is C13H16BrClN2O3S. The molecule has 1 saturated heterocycles. The molecule has 116 valence electrons. The molecule has 0 aromatic heterocycles. The van der Waals surface area contributed by atoms with Gasteiger partial charge in [0.15, 0.2) is 0 Å². The van der Waals surface area contributed by atoms with E-state index in [-0.39, 0.29) is 18.4 Å². The second-order valence-electron chi connectivity index (χ2n) is 5.08. The Labute approximate surface area is 137 Å². The first-order valence-corrected chi connectivity index (χ1v) is 9.50. The minimum atomic E-state index is -3.25. The molecule has 2 rings (SSSR count). The van der Waals surface area contributed by atoms with Crippen LogP contribution in [0.25, 0.3) is 0 Å². The predicted octanol–water partition coefficient (Wildman–Crippen LogP) is 2.71. The first kappa shape index (κ1) is 16.7. The van der Waals surface area contributed by atoms with Gasteiger partial charge in [0.2, 0.25) is 15.9 Å². The van der Waals surface area contributed by atoms with Crippen LogP contribution in [-0.4, -0.2) is 38.0 Å². The normalized spacial score (nSPS) is 20.2. The fourth-order valence-corrected chi connectivity index (χ4v) is 3.61. The van der Waals surface area contributed by atoms with Gasteiger partial charge in [-0.3, -0.25) is 4.79 Å². The fraction of sp³-hybridized carbons (Fsp3) is 0.462. The zero-order valence-corrected chi connectivity index (χ0v) is 14.6. The monoisotopic (exact) mass is 394 g/mol. The Kier molecular flexibility index (Phi) is 5.29. The van der Waals surface area contributed by atoms with E-state index in [2.05, 4.69) is 21.2 Å². The standard InChI is InChI=1S/C13H16BrClN2O3S/c1-21(19,20)17-6-2-3-9(8-17)13(18)16-10-4-5-11(14)12(15)7-10/h4-5,7,9H,2-3,6,8H2,1H3,(H,16,18). The number of benzene rings is 1. The molecule has 1 amide bonds. The van der Waals surface area contributed by atoms with E-state index < -0.39 is 10.0 Å². The minimum Gasteiger partial charge on any atom is -0.326 e. The second-order valence-corrected chi connectivity index (χ2v) is 8.32. The summed E-state index contributed by atoms with van der Waals surface area (Å²) in [4.78, 5) is 12.2. The van der Waals surface area contributed by atoms with Gasteiger partial charge in [-0.05, 0) is 47.0 Å². The van der Waals surface area contributed by atoms with Crippen molar-refractivity contribution >= 4 is 49.1 Å². The van der Waals surface area contributed by atoms with Gasteiger partial charge in [0.25, 0.3) is 0 Å². The van der Waals surface area contributed by atoms with Crippen LogP contribution in [0.5, 0.6) is 0 Å². The lowest BCUT2D eigenvalue weighted by atomic mass is 9.99. The van der Waals surface area contributed by atoms with Crippen LogP contribution in [0.4, 0.5) is 5.69 Å². The molecule has 0 spiro atoms. The topological polar surface area (TPSA) is 66.5 Å². The summed E-state index contributed by atoms with van der Waals surface area (Å²) in [7, 11) is -3.25. The van der Waals surface area contributed by atoms with Crippen molar-refractivity contribution in [3.05, 3.63) is 27.7 Å². The van der Waals surface area contributed by atoms with Gasteiger partial charge in [0, 0.05) is 23.2 Å². The largest absolute Gasteiger partial charge is 0.326 e. The number of hydrogen-bond donors (Lipinski definition) is 1. The Hall–Kier alpha value is -0.630. The molecule has 0 aliphatic carbocycles. The van der Waals surface area contributed by atoms with E-state index in [1.54, 1.807) is 18.2 Å². The van der Waals surface area contributed by atoms with Gasteiger partial charge in [-0.25, -0.2) is 12.7 Å². The number of sulfonamides is 1. The Morgan fingerprint density at radius 1 is 1.48 bits per heavy atom. The number of carbonyl (C=O) groups is 1. The average Bonchev–Trinajstić information content (AvgIpc) is 2.42. The molecular weight excluding hydrogens is 380 g/mol. The third kappa shape index (κ3) is 4.42. The van der Waals surface area contributed by atoms with Crippen LogP contribution in [0.3, 0.4) is 0 Å². The lowest BCUT2D eigenvalue weighted by Gasteiger charge is -2.30. The highest BCUT2D eigenvalue weighted by molar-refractivity contribution is 9.10. The smallest absolute Gasteiger partial charge is 0.228 e. The Morgan fingerprint density at radius 3 is 2.81 bits per heavy atom. The van der Waals surface area contributed by atoms with Crippen LogP contribution in [0.15, 0.2) is 22.7 Å². The lowest BCUT2D eigenvalue weighted by molar-refractivity contribution is -0.120. The molecule has 8 heteroatoms. The SMILES string of the molecule is CS(=O)(=O)N1CCCC(C(=O)Nc2ccc(Br)c(Cl)c2)C1. The van der Waals surface area contributed by atoms with Crippen molar-refractivity contribution < 1.29 is 13.2 Å². The van der Waals surface area contributed by atoms with Crippen molar-refractivity contribution in [3.8, 4) is 0 Å². The maximum absolute atomic E-state index is 12.2. The number of nitrogens with zero attached hydrogens (tertiary/aromatic N) is 1. The highest BCUT2D eigenvalue weighted by Gasteiger charge is 2.30. The highest BCUT2D eigenvalue weighted by Crippen LogP contribution is 2.26. The van der Waals surface area contributed by atoms with E-state index in [0.29, 0.717) is 30.1 Å². The number of nitrogens with one attached hydrogen (secondary N) is 1. The summed E-state index contributed by atoms with van der Waals surface area (Å²) < 4.78 is 25.2. The molecule has 1 aliphatic heterocycles. The van der Waals surface area contributed by atoms with E-state index >= 15 is 0 Å². The first-order valence-electron chi connectivity index (χ1n) is 6.48. The Balaban J connectivity index is 2.04. The van der Waals surface area contributed by atoms with Gasteiger partial charge in [-0.1, -0.05) is 11.6 Å². The lowest BCUT2D eigenvalue weighted by Crippen LogP contribution is -2.43. The summed E-state index contributed by atoms with van der Waals surface area (Å²) >= 11 is 9.26. The van der Waals surface area contributed by atoms with Gasteiger partial charge < -0.3 is 5.32 Å². The van der Waals surface area contributed by atoms with E-state index in [4.69, 9.17) is 11.6 Å². The molecule has 5 nitrogen and oxygen atoms in total. The maximum Gasteiger partial charge on any atom is 0.228 e. The van der Waals surface area contributed by atoms with Crippen molar-refractivity contribution in [1.82, 2.24) is 4.31 Å². The summed E-state index contributed by atoms with van der Waals surface area (Å²) in [6.45, 7) is 0.710. The summed E-state index contributed by atoms with van der Waals surface area (Å²) in [5.74, 6) is -0.516. The molecule has 1 aliphatic rings. The molecule has 1 N–H and O–H groups in total. The fourth-order valence-electron chi connectivity index (χ4n) is 2.28. The Bertz CT molecular complexity index is 651. The van der Waals surface area contributed by atoms with Crippen LogP contribution in [-0.2, 0) is 14.8 Å². The molecule has 1 fully saturated rings. The molecule has 1 heterocycles. The number of halogens is 2. The van der Waals surface area contributed by atoms with Crippen molar-refractivity contribution in [1.29, 1.82) is 0 Å². The maximum atomic E-state index is 12.2. The summed E-state index contributed by atoms with van der Waals surface area (Å²) in [5.41, 5.74) is 0.602. The molecule has 1 atom stereocenters. The minimum absolute atomic E-state index is 0.179. The third-order valence-corrected chi connectivity index (χ3v) is 5.91. The van der Waals surface area contributed by atoms with E-state index in [1.165, 1.54) is 10.6 Å². The van der Waals surface area contributed by atoms with Gasteiger partial charge in [0.1, 0.15) is 0 Å². The molecule has 0 bridgehead atoms. The van der Waals surface area contributed by atoms with Gasteiger partial charge in [0.05, 0.1) is 17.2 Å². The predicted molar refractivity (Wildman–Crippen MR) is 86.9 cm³/mol. The van der Waals surface area contributed by atoms with Crippen molar-refractivity contribution in [2.75, 3.05) is 24.7 Å². The van der Waals surface area contributed by atoms with Crippen LogP contribution >= 0.6 is 27.5 Å². The molecule has 0 saturated carbocycles. The van der Waals surface area contributed by atoms with Gasteiger partial charge in [-0.15, -0.1) is 0 Å². The van der Waals surface area contributed by atoms with E-state index in [9.17, 15) is 13.2 Å². The summed E-state index contributed by atoms with van der Waals surface area (Å²) in [6, 6.07) is 5.15. The number of rotatable bonds is 3. The Morgan fingerprint density at radius 2 is 2.19 bits per heavy atom. The molecule has 0 radical (unpaired) electrons. The van der Waals surface area contributed by atoms with Crippen LogP contribution in [0.1, 0.15) is 12.8 Å². The number of piperidine rings is 1. The van der Waals surface area contributed by atoms with Crippen molar-refractivity contribution in [2.24, 2.45) is 5.92 Å². The number of carbonyl (C=O) groups excluding carboxylic acids is 1. The van der Waals surface area contributed by atoms with Gasteiger partial charge >= 0.3 is 0 Å². The number of hydrogen-bond acceptors (Lipinski definition) is 3. The summed E-state index contributed by atoms with van der Waals surface area (Å²) in [6.07, 6.45) is 2.54.